The molecule has 4 heterocycles. The monoisotopic (exact) mass is 412 g/mol. The SMILES string of the molecule is Cn1c(C2CCNC2)nc2c1c(=O)n(Cc1cc3c(Cl)cccc3[nH]1)c(=O)n2C. The summed E-state index contributed by atoms with van der Waals surface area (Å²) in [6, 6.07) is 7.47. The van der Waals surface area contributed by atoms with E-state index in [1.165, 1.54) is 9.13 Å². The van der Waals surface area contributed by atoms with Crippen LogP contribution in [0.1, 0.15) is 23.9 Å². The molecule has 0 amide bonds. The van der Waals surface area contributed by atoms with Gasteiger partial charge in [0.15, 0.2) is 11.2 Å². The molecule has 2 N–H and O–H groups in total. The standard InChI is InChI=1S/C20H21ClN6O2/c1-25-16-18(24-17(25)11-6-7-22-9-11)26(2)20(29)27(19(16)28)10-12-8-13-14(21)4-3-5-15(13)23-12/h3-5,8,11,22-23H,6-7,9-10H2,1-2H3. The molecule has 1 unspecified atom stereocenters. The van der Waals surface area contributed by atoms with Crippen molar-refractivity contribution in [3.8, 4) is 0 Å². The van der Waals surface area contributed by atoms with Crippen molar-refractivity contribution in [2.75, 3.05) is 13.1 Å². The molecule has 0 radical (unpaired) electrons. The number of nitrogens with zero attached hydrogens (tertiary/aromatic N) is 4. The van der Waals surface area contributed by atoms with Gasteiger partial charge in [-0.3, -0.25) is 13.9 Å². The largest absolute Gasteiger partial charge is 0.357 e. The van der Waals surface area contributed by atoms with Crippen LogP contribution in [-0.4, -0.2) is 36.8 Å². The third kappa shape index (κ3) is 2.74. The number of imidazole rings is 1. The number of nitrogens with one attached hydrogen (secondary N) is 2. The van der Waals surface area contributed by atoms with Crippen molar-refractivity contribution in [1.29, 1.82) is 0 Å². The smallest absolute Gasteiger partial charge is 0.332 e. The van der Waals surface area contributed by atoms with E-state index in [9.17, 15) is 9.59 Å². The summed E-state index contributed by atoms with van der Waals surface area (Å²) < 4.78 is 4.55. The van der Waals surface area contributed by atoms with Gasteiger partial charge in [-0.1, -0.05) is 17.7 Å². The molecule has 9 heteroatoms. The van der Waals surface area contributed by atoms with Gasteiger partial charge < -0.3 is 14.9 Å². The average Bonchev–Trinajstić information content (AvgIpc) is 3.42. The Kier molecular flexibility index (Phi) is 4.15. The van der Waals surface area contributed by atoms with Crippen LogP contribution < -0.4 is 16.6 Å². The number of hydrogen-bond donors (Lipinski definition) is 2. The number of hydrogen-bond acceptors (Lipinski definition) is 4. The second kappa shape index (κ2) is 6.60. The lowest BCUT2D eigenvalue weighted by Gasteiger charge is -2.09. The Labute approximate surface area is 170 Å². The van der Waals surface area contributed by atoms with Gasteiger partial charge in [0, 0.05) is 48.2 Å². The van der Waals surface area contributed by atoms with Crippen molar-refractivity contribution in [2.45, 2.75) is 18.9 Å². The predicted molar refractivity (Wildman–Crippen MR) is 113 cm³/mol. The van der Waals surface area contributed by atoms with E-state index >= 15 is 0 Å². The van der Waals surface area contributed by atoms with Gasteiger partial charge in [-0.15, -0.1) is 0 Å². The van der Waals surface area contributed by atoms with Crippen molar-refractivity contribution in [3.05, 3.63) is 61.6 Å². The Balaban J connectivity index is 1.67. The highest BCUT2D eigenvalue weighted by Gasteiger charge is 2.25. The van der Waals surface area contributed by atoms with Crippen LogP contribution in [-0.2, 0) is 20.6 Å². The first kappa shape index (κ1) is 18.2. The molecule has 3 aromatic heterocycles. The summed E-state index contributed by atoms with van der Waals surface area (Å²) in [6.07, 6.45) is 0.967. The predicted octanol–water partition coefficient (Wildman–Crippen LogP) is 1.69. The number of aromatic amines is 1. The van der Waals surface area contributed by atoms with E-state index in [1.807, 2.05) is 35.9 Å². The highest BCUT2D eigenvalue weighted by atomic mass is 35.5. The molecule has 5 rings (SSSR count). The van der Waals surface area contributed by atoms with Gasteiger partial charge in [-0.2, -0.15) is 0 Å². The molecule has 0 aliphatic carbocycles. The second-order valence-electron chi connectivity index (χ2n) is 7.62. The third-order valence-corrected chi connectivity index (χ3v) is 6.14. The van der Waals surface area contributed by atoms with Gasteiger partial charge in [0.2, 0.25) is 0 Å². The minimum atomic E-state index is -0.388. The second-order valence-corrected chi connectivity index (χ2v) is 8.03. The summed E-state index contributed by atoms with van der Waals surface area (Å²) in [7, 11) is 3.51. The van der Waals surface area contributed by atoms with Crippen molar-refractivity contribution in [3.63, 3.8) is 0 Å². The van der Waals surface area contributed by atoms with E-state index in [1.54, 1.807) is 7.05 Å². The van der Waals surface area contributed by atoms with Crippen LogP contribution in [0.5, 0.6) is 0 Å². The molecule has 1 fully saturated rings. The van der Waals surface area contributed by atoms with Gasteiger partial charge in [0.25, 0.3) is 5.56 Å². The molecule has 0 bridgehead atoms. The number of halogens is 1. The Morgan fingerprint density at radius 1 is 1.24 bits per heavy atom. The van der Waals surface area contributed by atoms with Crippen molar-refractivity contribution >= 4 is 33.7 Å². The molecule has 1 aliphatic rings. The molecule has 1 aliphatic heterocycles. The first-order chi connectivity index (χ1) is 14.0. The zero-order valence-electron chi connectivity index (χ0n) is 16.2. The van der Waals surface area contributed by atoms with Crippen molar-refractivity contribution < 1.29 is 0 Å². The van der Waals surface area contributed by atoms with Crippen LogP contribution in [0.15, 0.2) is 33.9 Å². The fourth-order valence-electron chi connectivity index (χ4n) is 4.27. The summed E-state index contributed by atoms with van der Waals surface area (Å²) in [4.78, 5) is 34.1. The van der Waals surface area contributed by atoms with E-state index in [4.69, 9.17) is 11.6 Å². The Hall–Kier alpha value is -2.84. The molecule has 0 spiro atoms. The summed E-state index contributed by atoms with van der Waals surface area (Å²) in [5, 5.41) is 4.82. The zero-order chi connectivity index (χ0) is 20.3. The van der Waals surface area contributed by atoms with E-state index in [2.05, 4.69) is 15.3 Å². The van der Waals surface area contributed by atoms with E-state index in [0.29, 0.717) is 16.2 Å². The maximum atomic E-state index is 13.3. The highest BCUT2D eigenvalue weighted by Crippen LogP contribution is 2.25. The van der Waals surface area contributed by atoms with Crippen LogP contribution in [0.4, 0.5) is 0 Å². The first-order valence-corrected chi connectivity index (χ1v) is 9.96. The van der Waals surface area contributed by atoms with Crippen LogP contribution >= 0.6 is 11.6 Å². The fraction of sp³-hybridized carbons (Fsp3) is 0.350. The number of H-pyrrole nitrogens is 1. The summed E-state index contributed by atoms with van der Waals surface area (Å²) >= 11 is 6.25. The quantitative estimate of drug-likeness (QED) is 0.536. The molecule has 4 aromatic rings. The molecular weight excluding hydrogens is 392 g/mol. The maximum absolute atomic E-state index is 13.3. The molecule has 29 heavy (non-hydrogen) atoms. The molecule has 1 atom stereocenters. The summed E-state index contributed by atoms with van der Waals surface area (Å²) in [5.41, 5.74) is 1.77. The minimum Gasteiger partial charge on any atom is -0.357 e. The number of benzene rings is 1. The van der Waals surface area contributed by atoms with Crippen LogP contribution in [0.3, 0.4) is 0 Å². The van der Waals surface area contributed by atoms with Gasteiger partial charge >= 0.3 is 5.69 Å². The Bertz CT molecular complexity index is 1370. The molecule has 1 saturated heterocycles. The molecule has 0 saturated carbocycles. The number of rotatable bonds is 3. The molecule has 8 nitrogen and oxygen atoms in total. The topological polar surface area (TPSA) is 89.6 Å². The van der Waals surface area contributed by atoms with E-state index < -0.39 is 0 Å². The van der Waals surface area contributed by atoms with Gasteiger partial charge in [-0.25, -0.2) is 9.78 Å². The Morgan fingerprint density at radius 2 is 2.07 bits per heavy atom. The molecule has 1 aromatic carbocycles. The Morgan fingerprint density at radius 3 is 2.79 bits per heavy atom. The van der Waals surface area contributed by atoms with E-state index in [0.717, 1.165) is 41.9 Å². The van der Waals surface area contributed by atoms with Gasteiger partial charge in [0.1, 0.15) is 5.82 Å². The lowest BCUT2D eigenvalue weighted by Crippen LogP contribution is -2.39. The van der Waals surface area contributed by atoms with Crippen LogP contribution in [0.2, 0.25) is 5.02 Å². The third-order valence-electron chi connectivity index (χ3n) is 5.82. The first-order valence-electron chi connectivity index (χ1n) is 9.58. The van der Waals surface area contributed by atoms with Crippen molar-refractivity contribution in [1.82, 2.24) is 29.0 Å². The maximum Gasteiger partial charge on any atom is 0.332 e. The molecular formula is C20H21ClN6O2. The minimum absolute atomic E-state index is 0.137. The van der Waals surface area contributed by atoms with Gasteiger partial charge in [0.05, 0.1) is 6.54 Å². The number of aryl methyl sites for hydroxylation is 2. The van der Waals surface area contributed by atoms with Gasteiger partial charge in [-0.05, 0) is 31.2 Å². The fourth-order valence-corrected chi connectivity index (χ4v) is 4.50. The lowest BCUT2D eigenvalue weighted by molar-refractivity contribution is 0.647. The number of fused-ring (bicyclic) bond motifs is 2. The molecule has 150 valence electrons. The number of aromatic nitrogens is 5. The lowest BCUT2D eigenvalue weighted by atomic mass is 10.1. The van der Waals surface area contributed by atoms with Crippen LogP contribution in [0, 0.1) is 0 Å². The normalized spacial score (nSPS) is 17.0. The van der Waals surface area contributed by atoms with E-state index in [-0.39, 0.29) is 23.7 Å². The summed E-state index contributed by atoms with van der Waals surface area (Å²) in [5.74, 6) is 1.08. The average molecular weight is 413 g/mol. The van der Waals surface area contributed by atoms with Crippen LogP contribution in [0.25, 0.3) is 22.1 Å². The zero-order valence-corrected chi connectivity index (χ0v) is 17.0. The summed E-state index contributed by atoms with van der Waals surface area (Å²) in [6.45, 7) is 1.90. The highest BCUT2D eigenvalue weighted by molar-refractivity contribution is 6.35. The van der Waals surface area contributed by atoms with Crippen molar-refractivity contribution in [2.24, 2.45) is 14.1 Å².